The van der Waals surface area contributed by atoms with Crippen LogP contribution in [0.2, 0.25) is 0 Å². The van der Waals surface area contributed by atoms with Crippen molar-refractivity contribution in [1.29, 1.82) is 0 Å². The standard InChI is InChI=1S/C16H22N2S/c1-4-9-17-15(14-7-6-12(3)18-11-14)16-13(5-2)8-10-19-16/h6-8,10-11,15,17H,4-5,9H2,1-3H3. The molecule has 0 aromatic carbocycles. The minimum absolute atomic E-state index is 0.281. The van der Waals surface area contributed by atoms with Gasteiger partial charge in [-0.2, -0.15) is 0 Å². The Labute approximate surface area is 119 Å². The Bertz CT molecular complexity index is 502. The SMILES string of the molecule is CCCNC(c1ccc(C)nc1)c1sccc1CC. The molecular weight excluding hydrogens is 252 g/mol. The maximum Gasteiger partial charge on any atom is 0.0688 e. The maximum absolute atomic E-state index is 4.44. The van der Waals surface area contributed by atoms with Gasteiger partial charge in [0.25, 0.3) is 0 Å². The first kappa shape index (κ1) is 14.2. The summed E-state index contributed by atoms with van der Waals surface area (Å²) in [6.45, 7) is 7.48. The molecule has 19 heavy (non-hydrogen) atoms. The van der Waals surface area contributed by atoms with E-state index in [0.717, 1.165) is 25.1 Å². The minimum atomic E-state index is 0.281. The Balaban J connectivity index is 2.32. The number of hydrogen-bond acceptors (Lipinski definition) is 3. The lowest BCUT2D eigenvalue weighted by Gasteiger charge is -2.19. The largest absolute Gasteiger partial charge is 0.306 e. The summed E-state index contributed by atoms with van der Waals surface area (Å²) in [6, 6.07) is 6.80. The molecule has 0 amide bonds. The van der Waals surface area contributed by atoms with Crippen LogP contribution >= 0.6 is 11.3 Å². The second-order valence-electron chi connectivity index (χ2n) is 4.78. The first-order chi connectivity index (χ1) is 9.26. The number of aryl methyl sites for hydroxylation is 2. The van der Waals surface area contributed by atoms with Crippen LogP contribution in [0, 0.1) is 6.92 Å². The van der Waals surface area contributed by atoms with E-state index in [1.807, 2.05) is 24.5 Å². The molecule has 0 spiro atoms. The molecule has 0 aliphatic carbocycles. The highest BCUT2D eigenvalue weighted by molar-refractivity contribution is 7.10. The van der Waals surface area contributed by atoms with Gasteiger partial charge in [0.1, 0.15) is 0 Å². The zero-order valence-electron chi connectivity index (χ0n) is 11.9. The molecule has 0 saturated heterocycles. The van der Waals surface area contributed by atoms with Gasteiger partial charge in [-0.25, -0.2) is 0 Å². The predicted molar refractivity (Wildman–Crippen MR) is 82.8 cm³/mol. The van der Waals surface area contributed by atoms with Gasteiger partial charge < -0.3 is 5.32 Å². The summed E-state index contributed by atoms with van der Waals surface area (Å²) in [6.07, 6.45) is 4.23. The number of thiophene rings is 1. The Morgan fingerprint density at radius 1 is 1.26 bits per heavy atom. The average Bonchev–Trinajstić information content (AvgIpc) is 2.89. The van der Waals surface area contributed by atoms with Crippen LogP contribution in [0.25, 0.3) is 0 Å². The van der Waals surface area contributed by atoms with Crippen molar-refractivity contribution < 1.29 is 0 Å². The molecule has 1 N–H and O–H groups in total. The molecule has 1 unspecified atom stereocenters. The molecule has 2 aromatic rings. The molecule has 2 heterocycles. The van der Waals surface area contributed by atoms with E-state index in [0.29, 0.717) is 0 Å². The van der Waals surface area contributed by atoms with Gasteiger partial charge in [0.2, 0.25) is 0 Å². The van der Waals surface area contributed by atoms with Gasteiger partial charge in [0.15, 0.2) is 0 Å². The number of aromatic nitrogens is 1. The highest BCUT2D eigenvalue weighted by Crippen LogP contribution is 2.30. The van der Waals surface area contributed by atoms with Crippen LogP contribution in [0.3, 0.4) is 0 Å². The molecule has 0 fully saturated rings. The number of nitrogens with one attached hydrogen (secondary N) is 1. The van der Waals surface area contributed by atoms with Gasteiger partial charge in [0, 0.05) is 16.8 Å². The fraction of sp³-hybridized carbons (Fsp3) is 0.438. The fourth-order valence-corrected chi connectivity index (χ4v) is 3.29. The van der Waals surface area contributed by atoms with Crippen molar-refractivity contribution in [2.75, 3.05) is 6.54 Å². The first-order valence-corrected chi connectivity index (χ1v) is 7.86. The monoisotopic (exact) mass is 274 g/mol. The van der Waals surface area contributed by atoms with Crippen molar-refractivity contribution in [3.8, 4) is 0 Å². The smallest absolute Gasteiger partial charge is 0.0688 e. The molecule has 0 aliphatic heterocycles. The predicted octanol–water partition coefficient (Wildman–Crippen LogP) is 4.10. The van der Waals surface area contributed by atoms with Crippen molar-refractivity contribution in [2.24, 2.45) is 0 Å². The lowest BCUT2D eigenvalue weighted by Crippen LogP contribution is -2.23. The number of nitrogens with zero attached hydrogens (tertiary/aromatic N) is 1. The third kappa shape index (κ3) is 3.43. The zero-order valence-corrected chi connectivity index (χ0v) is 12.8. The quantitative estimate of drug-likeness (QED) is 0.857. The third-order valence-electron chi connectivity index (χ3n) is 3.29. The van der Waals surface area contributed by atoms with Crippen LogP contribution in [0.15, 0.2) is 29.8 Å². The Morgan fingerprint density at radius 3 is 2.74 bits per heavy atom. The van der Waals surface area contributed by atoms with Gasteiger partial charge in [-0.05, 0) is 54.9 Å². The second-order valence-corrected chi connectivity index (χ2v) is 5.73. The summed E-state index contributed by atoms with van der Waals surface area (Å²) in [7, 11) is 0. The van der Waals surface area contributed by atoms with E-state index < -0.39 is 0 Å². The third-order valence-corrected chi connectivity index (χ3v) is 4.31. The molecule has 0 radical (unpaired) electrons. The summed E-state index contributed by atoms with van der Waals surface area (Å²) in [4.78, 5) is 5.87. The van der Waals surface area contributed by atoms with Gasteiger partial charge in [-0.3, -0.25) is 4.98 Å². The van der Waals surface area contributed by atoms with Gasteiger partial charge in [-0.15, -0.1) is 11.3 Å². The molecule has 0 bridgehead atoms. The lowest BCUT2D eigenvalue weighted by atomic mass is 10.0. The number of rotatable bonds is 6. The van der Waals surface area contributed by atoms with Crippen molar-refractivity contribution in [2.45, 2.75) is 39.7 Å². The Hall–Kier alpha value is -1.19. The molecule has 0 saturated carbocycles. The van der Waals surface area contributed by atoms with E-state index in [-0.39, 0.29) is 6.04 Å². The first-order valence-electron chi connectivity index (χ1n) is 6.98. The fourth-order valence-electron chi connectivity index (χ4n) is 2.19. The summed E-state index contributed by atoms with van der Waals surface area (Å²) in [5.74, 6) is 0. The normalized spacial score (nSPS) is 12.6. The zero-order chi connectivity index (χ0) is 13.7. The van der Waals surface area contributed by atoms with Crippen LogP contribution in [-0.4, -0.2) is 11.5 Å². The van der Waals surface area contributed by atoms with Crippen LogP contribution in [0.5, 0.6) is 0 Å². The van der Waals surface area contributed by atoms with Crippen molar-refractivity contribution in [3.63, 3.8) is 0 Å². The van der Waals surface area contributed by atoms with E-state index in [1.54, 1.807) is 0 Å². The van der Waals surface area contributed by atoms with E-state index in [9.17, 15) is 0 Å². The summed E-state index contributed by atoms with van der Waals surface area (Å²) >= 11 is 1.84. The van der Waals surface area contributed by atoms with Gasteiger partial charge >= 0.3 is 0 Å². The highest BCUT2D eigenvalue weighted by Gasteiger charge is 2.17. The number of hydrogen-bond donors (Lipinski definition) is 1. The van der Waals surface area contributed by atoms with E-state index >= 15 is 0 Å². The molecule has 102 valence electrons. The van der Waals surface area contributed by atoms with Crippen LogP contribution < -0.4 is 5.32 Å². The molecule has 2 rings (SSSR count). The van der Waals surface area contributed by atoms with Crippen LogP contribution in [-0.2, 0) is 6.42 Å². The summed E-state index contributed by atoms with van der Waals surface area (Å²) < 4.78 is 0. The molecular formula is C16H22N2S. The molecule has 0 aliphatic rings. The van der Waals surface area contributed by atoms with Crippen molar-refractivity contribution in [1.82, 2.24) is 10.3 Å². The van der Waals surface area contributed by atoms with Crippen molar-refractivity contribution in [3.05, 3.63) is 51.5 Å². The van der Waals surface area contributed by atoms with E-state index in [4.69, 9.17) is 0 Å². The van der Waals surface area contributed by atoms with Crippen LogP contribution in [0.1, 0.15) is 48.0 Å². The summed E-state index contributed by atoms with van der Waals surface area (Å²) in [5, 5.41) is 5.84. The second kappa shape index (κ2) is 6.83. The van der Waals surface area contributed by atoms with E-state index in [2.05, 4.69) is 47.7 Å². The maximum atomic E-state index is 4.44. The Morgan fingerprint density at radius 2 is 2.11 bits per heavy atom. The molecule has 3 heteroatoms. The van der Waals surface area contributed by atoms with Gasteiger partial charge in [-0.1, -0.05) is 19.9 Å². The molecule has 2 nitrogen and oxygen atoms in total. The summed E-state index contributed by atoms with van der Waals surface area (Å²) in [5.41, 5.74) is 3.77. The molecule has 1 atom stereocenters. The van der Waals surface area contributed by atoms with Gasteiger partial charge in [0.05, 0.1) is 6.04 Å². The lowest BCUT2D eigenvalue weighted by molar-refractivity contribution is 0.601. The van der Waals surface area contributed by atoms with E-state index in [1.165, 1.54) is 16.0 Å². The highest BCUT2D eigenvalue weighted by atomic mass is 32.1. The van der Waals surface area contributed by atoms with Crippen molar-refractivity contribution >= 4 is 11.3 Å². The number of pyridine rings is 1. The van der Waals surface area contributed by atoms with Crippen LogP contribution in [0.4, 0.5) is 0 Å². The Kier molecular flexibility index (Phi) is 5.11. The minimum Gasteiger partial charge on any atom is -0.306 e. The average molecular weight is 274 g/mol. The molecule has 2 aromatic heterocycles. The topological polar surface area (TPSA) is 24.9 Å².